The average molecular weight is 326 g/mol. The summed E-state index contributed by atoms with van der Waals surface area (Å²) in [6.07, 6.45) is 0.218. The summed E-state index contributed by atoms with van der Waals surface area (Å²) in [5.74, 6) is -1.13. The summed E-state index contributed by atoms with van der Waals surface area (Å²) in [7, 11) is 0. The summed E-state index contributed by atoms with van der Waals surface area (Å²) < 4.78 is 1.08. The van der Waals surface area contributed by atoms with Gasteiger partial charge in [-0.05, 0) is 48.4 Å². The number of aliphatic carboxylic acids is 1. The number of amides is 1. The zero-order chi connectivity index (χ0) is 15.6. The average Bonchev–Trinajstić information content (AvgIpc) is 2.79. The molecule has 0 fully saturated rings. The fourth-order valence-electron chi connectivity index (χ4n) is 1.82. The lowest BCUT2D eigenvalue weighted by atomic mass is 9.94. The van der Waals surface area contributed by atoms with Gasteiger partial charge in [-0.1, -0.05) is 11.6 Å². The second-order valence-corrected chi connectivity index (χ2v) is 6.89. The van der Waals surface area contributed by atoms with Crippen molar-refractivity contribution in [3.8, 4) is 0 Å². The fourth-order valence-corrected chi connectivity index (χ4v) is 2.94. The predicted octanol–water partition coefficient (Wildman–Crippen LogP) is 3.32. The number of carbonyl (C=O) groups excluding carboxylic acids is 1. The summed E-state index contributed by atoms with van der Waals surface area (Å²) in [5.41, 5.74) is -0.0708. The summed E-state index contributed by atoms with van der Waals surface area (Å²) in [4.78, 5) is 23.0. The Kier molecular flexibility index (Phi) is 4.54. The molecule has 4 nitrogen and oxygen atoms in total. The molecule has 0 aliphatic carbocycles. The third kappa shape index (κ3) is 3.74. The van der Waals surface area contributed by atoms with E-state index in [0.717, 1.165) is 15.6 Å². The zero-order valence-electron chi connectivity index (χ0n) is 11.8. The molecule has 0 bridgehead atoms. The first-order chi connectivity index (χ1) is 9.79. The minimum atomic E-state index is -0.977. The smallest absolute Gasteiger partial charge is 0.310 e. The molecule has 1 heterocycles. The second kappa shape index (κ2) is 6.03. The normalized spacial score (nSPS) is 11.6. The van der Waals surface area contributed by atoms with Gasteiger partial charge in [0.1, 0.15) is 0 Å². The van der Waals surface area contributed by atoms with Crippen molar-refractivity contribution in [3.05, 3.63) is 34.2 Å². The molecule has 1 amide bonds. The van der Waals surface area contributed by atoms with E-state index in [1.165, 1.54) is 0 Å². The lowest BCUT2D eigenvalue weighted by Crippen LogP contribution is -2.39. The first-order valence-corrected chi connectivity index (χ1v) is 7.71. The van der Waals surface area contributed by atoms with Crippen LogP contribution in [0.25, 0.3) is 10.1 Å². The largest absolute Gasteiger partial charge is 0.481 e. The second-order valence-electron chi connectivity index (χ2n) is 5.54. The molecular weight excluding hydrogens is 310 g/mol. The Morgan fingerprint density at radius 2 is 2.10 bits per heavy atom. The van der Waals surface area contributed by atoms with Crippen molar-refractivity contribution in [2.24, 2.45) is 5.41 Å². The summed E-state index contributed by atoms with van der Waals surface area (Å²) in [6, 6.07) is 5.59. The first-order valence-electron chi connectivity index (χ1n) is 6.45. The van der Waals surface area contributed by atoms with Gasteiger partial charge in [0.05, 0.1) is 11.8 Å². The van der Waals surface area contributed by atoms with Crippen LogP contribution in [0.3, 0.4) is 0 Å². The highest BCUT2D eigenvalue weighted by molar-refractivity contribution is 7.17. The van der Waals surface area contributed by atoms with E-state index in [1.54, 1.807) is 25.2 Å². The monoisotopic (exact) mass is 325 g/mol. The van der Waals surface area contributed by atoms with E-state index in [-0.39, 0.29) is 18.9 Å². The predicted molar refractivity (Wildman–Crippen MR) is 85.0 cm³/mol. The number of benzene rings is 1. The topological polar surface area (TPSA) is 66.4 Å². The van der Waals surface area contributed by atoms with Crippen LogP contribution >= 0.6 is 22.9 Å². The highest BCUT2D eigenvalue weighted by atomic mass is 35.5. The van der Waals surface area contributed by atoms with Crippen LogP contribution in [0.5, 0.6) is 0 Å². The molecule has 2 N–H and O–H groups in total. The number of fused-ring (bicyclic) bond motifs is 1. The number of halogens is 1. The lowest BCUT2D eigenvalue weighted by Gasteiger charge is -2.19. The summed E-state index contributed by atoms with van der Waals surface area (Å²) >= 11 is 7.54. The number of hydrogen-bond acceptors (Lipinski definition) is 3. The molecule has 0 unspecified atom stereocenters. The maximum Gasteiger partial charge on any atom is 0.310 e. The van der Waals surface area contributed by atoms with Crippen molar-refractivity contribution in [1.29, 1.82) is 0 Å². The highest BCUT2D eigenvalue weighted by Crippen LogP contribution is 2.29. The minimum absolute atomic E-state index is 0.101. The van der Waals surface area contributed by atoms with Gasteiger partial charge >= 0.3 is 5.97 Å². The maximum absolute atomic E-state index is 12.0. The molecule has 0 saturated heterocycles. The van der Waals surface area contributed by atoms with E-state index >= 15 is 0 Å². The van der Waals surface area contributed by atoms with Crippen molar-refractivity contribution in [3.63, 3.8) is 0 Å². The van der Waals surface area contributed by atoms with Crippen LogP contribution in [0.2, 0.25) is 5.02 Å². The van der Waals surface area contributed by atoms with Crippen LogP contribution in [0.4, 0.5) is 0 Å². The van der Waals surface area contributed by atoms with Gasteiger partial charge < -0.3 is 10.4 Å². The van der Waals surface area contributed by atoms with Crippen LogP contribution in [0.15, 0.2) is 23.6 Å². The van der Waals surface area contributed by atoms with Gasteiger partial charge in [-0.3, -0.25) is 9.59 Å². The Labute approximate surface area is 131 Å². The third-order valence-corrected chi connectivity index (χ3v) is 4.52. The molecular formula is C15H16ClNO3S. The van der Waals surface area contributed by atoms with Gasteiger partial charge in [-0.2, -0.15) is 0 Å². The number of hydrogen-bond donors (Lipinski definition) is 2. The van der Waals surface area contributed by atoms with Gasteiger partial charge in [0.15, 0.2) is 0 Å². The molecule has 1 aromatic carbocycles. The van der Waals surface area contributed by atoms with Crippen molar-refractivity contribution >= 4 is 44.9 Å². The van der Waals surface area contributed by atoms with E-state index in [0.29, 0.717) is 5.02 Å². The van der Waals surface area contributed by atoms with E-state index in [2.05, 4.69) is 5.32 Å². The lowest BCUT2D eigenvalue weighted by molar-refractivity contribution is -0.146. The van der Waals surface area contributed by atoms with Crippen LogP contribution in [0.1, 0.15) is 19.4 Å². The van der Waals surface area contributed by atoms with E-state index < -0.39 is 11.4 Å². The Morgan fingerprint density at radius 1 is 1.38 bits per heavy atom. The Hall–Kier alpha value is -1.59. The molecule has 112 valence electrons. The number of nitrogens with one attached hydrogen (secondary N) is 1. The molecule has 2 aromatic rings. The number of thiophene rings is 1. The summed E-state index contributed by atoms with van der Waals surface area (Å²) in [5, 5.41) is 15.2. The van der Waals surface area contributed by atoms with Crippen LogP contribution < -0.4 is 5.32 Å². The highest BCUT2D eigenvalue weighted by Gasteiger charge is 2.27. The van der Waals surface area contributed by atoms with E-state index in [4.69, 9.17) is 16.7 Å². The Balaban J connectivity index is 2.05. The zero-order valence-corrected chi connectivity index (χ0v) is 13.3. The van der Waals surface area contributed by atoms with Crippen molar-refractivity contribution in [2.75, 3.05) is 6.54 Å². The number of carboxylic acid groups (broad SMARTS) is 1. The Morgan fingerprint density at radius 3 is 2.76 bits per heavy atom. The van der Waals surface area contributed by atoms with Crippen LogP contribution in [-0.4, -0.2) is 23.5 Å². The molecule has 21 heavy (non-hydrogen) atoms. The number of carbonyl (C=O) groups is 2. The molecule has 0 aliphatic heterocycles. The van der Waals surface area contributed by atoms with E-state index in [9.17, 15) is 9.59 Å². The van der Waals surface area contributed by atoms with Gasteiger partial charge in [0, 0.05) is 16.3 Å². The minimum Gasteiger partial charge on any atom is -0.481 e. The number of rotatable bonds is 5. The first kappa shape index (κ1) is 15.8. The summed E-state index contributed by atoms with van der Waals surface area (Å²) in [6.45, 7) is 3.26. The molecule has 0 spiro atoms. The van der Waals surface area contributed by atoms with Crippen molar-refractivity contribution < 1.29 is 14.7 Å². The molecule has 0 radical (unpaired) electrons. The maximum atomic E-state index is 12.0. The SMILES string of the molecule is CC(C)(CNC(=O)Cc1csc2ccc(Cl)cc12)C(=O)O. The quantitative estimate of drug-likeness (QED) is 0.886. The van der Waals surface area contributed by atoms with Gasteiger partial charge in [0.2, 0.25) is 5.91 Å². The van der Waals surface area contributed by atoms with Crippen molar-refractivity contribution in [1.82, 2.24) is 5.32 Å². The van der Waals surface area contributed by atoms with Gasteiger partial charge in [-0.15, -0.1) is 11.3 Å². The Bertz CT molecular complexity index is 693. The molecule has 1 aromatic heterocycles. The van der Waals surface area contributed by atoms with Gasteiger partial charge in [0.25, 0.3) is 0 Å². The molecule has 0 saturated carbocycles. The number of carboxylic acids is 1. The molecule has 0 atom stereocenters. The third-order valence-electron chi connectivity index (χ3n) is 3.27. The van der Waals surface area contributed by atoms with Crippen LogP contribution in [0, 0.1) is 5.41 Å². The van der Waals surface area contributed by atoms with E-state index in [1.807, 2.05) is 23.6 Å². The van der Waals surface area contributed by atoms with Crippen molar-refractivity contribution in [2.45, 2.75) is 20.3 Å². The van der Waals surface area contributed by atoms with Crippen LogP contribution in [-0.2, 0) is 16.0 Å². The fraction of sp³-hybridized carbons (Fsp3) is 0.333. The standard InChI is InChI=1S/C15H16ClNO3S/c1-15(2,14(19)20)8-17-13(18)5-9-7-21-12-4-3-10(16)6-11(9)12/h3-4,6-7H,5,8H2,1-2H3,(H,17,18)(H,19,20). The molecule has 6 heteroatoms. The van der Waals surface area contributed by atoms with Gasteiger partial charge in [-0.25, -0.2) is 0 Å². The molecule has 2 rings (SSSR count). The molecule has 0 aliphatic rings.